The lowest BCUT2D eigenvalue weighted by molar-refractivity contribution is 0.0598. The molecule has 0 saturated heterocycles. The molecule has 0 aliphatic rings. The Hall–Kier alpha value is -3.29. The highest BCUT2D eigenvalue weighted by atomic mass is 16.5. The van der Waals surface area contributed by atoms with Gasteiger partial charge >= 0.3 is 12.0 Å². The summed E-state index contributed by atoms with van der Waals surface area (Å²) in [6.07, 6.45) is 0. The van der Waals surface area contributed by atoms with Gasteiger partial charge in [0.1, 0.15) is 22.9 Å². The molecule has 8 heteroatoms. The van der Waals surface area contributed by atoms with Crippen LogP contribution in [0.4, 0.5) is 4.79 Å². The third-order valence-electron chi connectivity index (χ3n) is 4.26. The first-order valence-electron chi connectivity index (χ1n) is 8.60. The average molecular weight is 370 g/mol. The Bertz CT molecular complexity index is 973. The minimum absolute atomic E-state index is 0.177. The van der Waals surface area contributed by atoms with E-state index in [0.29, 0.717) is 30.2 Å². The Morgan fingerprint density at radius 3 is 2.78 bits per heavy atom. The van der Waals surface area contributed by atoms with Gasteiger partial charge in [-0.25, -0.2) is 14.6 Å². The number of aryl methyl sites for hydroxylation is 2. The second-order valence-electron chi connectivity index (χ2n) is 6.08. The molecule has 142 valence electrons. The molecular weight excluding hydrogens is 348 g/mol. The van der Waals surface area contributed by atoms with Gasteiger partial charge in [0, 0.05) is 13.1 Å². The number of benzene rings is 1. The lowest BCUT2D eigenvalue weighted by Crippen LogP contribution is -2.36. The number of carbonyl (C=O) groups excluding carboxylic acids is 2. The third kappa shape index (κ3) is 4.11. The molecule has 3 aromatic rings. The Balaban J connectivity index is 1.50. The Morgan fingerprint density at radius 1 is 1.22 bits per heavy atom. The van der Waals surface area contributed by atoms with E-state index in [-0.39, 0.29) is 12.6 Å². The maximum absolute atomic E-state index is 12.0. The van der Waals surface area contributed by atoms with Crippen LogP contribution in [0.15, 0.2) is 34.7 Å². The zero-order chi connectivity index (χ0) is 19.4. The molecule has 1 aromatic carbocycles. The number of para-hydroxylation sites is 2. The predicted octanol–water partition coefficient (Wildman–Crippen LogP) is 2.53. The van der Waals surface area contributed by atoms with Gasteiger partial charge in [0.05, 0.1) is 24.7 Å². The number of fused-ring (bicyclic) bond motifs is 1. The number of amides is 2. The fourth-order valence-corrected chi connectivity index (χ4v) is 2.93. The maximum Gasteiger partial charge on any atom is 0.341 e. The summed E-state index contributed by atoms with van der Waals surface area (Å²) in [5.41, 5.74) is 2.34. The first-order chi connectivity index (χ1) is 13.0. The van der Waals surface area contributed by atoms with Crippen LogP contribution in [0.25, 0.3) is 11.0 Å². The summed E-state index contributed by atoms with van der Waals surface area (Å²) >= 11 is 0. The van der Waals surface area contributed by atoms with E-state index in [0.717, 1.165) is 16.9 Å². The molecule has 2 amide bonds. The number of aromatic nitrogens is 2. The van der Waals surface area contributed by atoms with Crippen LogP contribution < -0.4 is 10.6 Å². The van der Waals surface area contributed by atoms with Crippen LogP contribution in [0.1, 0.15) is 27.7 Å². The van der Waals surface area contributed by atoms with Gasteiger partial charge in [0.2, 0.25) is 0 Å². The number of ether oxygens (including phenoxy) is 1. The van der Waals surface area contributed by atoms with Crippen LogP contribution in [-0.4, -0.2) is 35.2 Å². The number of nitrogens with zero attached hydrogens (tertiary/aromatic N) is 2. The fraction of sp³-hybridized carbons (Fsp3) is 0.316. The van der Waals surface area contributed by atoms with Crippen LogP contribution in [0.3, 0.4) is 0 Å². The second-order valence-corrected chi connectivity index (χ2v) is 6.08. The summed E-state index contributed by atoms with van der Waals surface area (Å²) in [5.74, 6) is 1.38. The molecule has 8 nitrogen and oxygen atoms in total. The van der Waals surface area contributed by atoms with Crippen LogP contribution in [0.2, 0.25) is 0 Å². The molecule has 3 rings (SSSR count). The molecule has 0 unspecified atom stereocenters. The van der Waals surface area contributed by atoms with Crippen molar-refractivity contribution < 1.29 is 18.7 Å². The lowest BCUT2D eigenvalue weighted by Gasteiger charge is -2.09. The van der Waals surface area contributed by atoms with E-state index in [2.05, 4.69) is 24.9 Å². The minimum Gasteiger partial charge on any atom is -0.465 e. The van der Waals surface area contributed by atoms with Gasteiger partial charge in [-0.1, -0.05) is 12.1 Å². The quantitative estimate of drug-likeness (QED) is 0.650. The summed E-state index contributed by atoms with van der Waals surface area (Å²) < 4.78 is 12.2. The van der Waals surface area contributed by atoms with Crippen molar-refractivity contribution in [1.29, 1.82) is 0 Å². The molecule has 2 heterocycles. The molecule has 0 radical (unpaired) electrons. The zero-order valence-electron chi connectivity index (χ0n) is 15.5. The van der Waals surface area contributed by atoms with E-state index < -0.39 is 5.97 Å². The summed E-state index contributed by atoms with van der Waals surface area (Å²) in [5, 5.41) is 5.51. The molecule has 2 aromatic heterocycles. The standard InChI is InChI=1S/C19H22N4O4/c1-12-15(18(24)26-3)10-14(27-12)11-21-19(25)20-8-9-23-13(2)22-16-6-4-5-7-17(16)23/h4-7,10H,8-9,11H2,1-3H3,(H2,20,21,25). The number of imidazole rings is 1. The van der Waals surface area contributed by atoms with Gasteiger partial charge in [-0.05, 0) is 32.0 Å². The normalized spacial score (nSPS) is 10.8. The van der Waals surface area contributed by atoms with E-state index in [1.165, 1.54) is 7.11 Å². The summed E-state index contributed by atoms with van der Waals surface area (Å²) in [4.78, 5) is 28.1. The van der Waals surface area contributed by atoms with Crippen molar-refractivity contribution in [2.75, 3.05) is 13.7 Å². The van der Waals surface area contributed by atoms with Crippen LogP contribution in [-0.2, 0) is 17.8 Å². The monoisotopic (exact) mass is 370 g/mol. The average Bonchev–Trinajstić information content (AvgIpc) is 3.19. The molecule has 2 N–H and O–H groups in total. The molecule has 0 saturated carbocycles. The van der Waals surface area contributed by atoms with Crippen LogP contribution >= 0.6 is 0 Å². The van der Waals surface area contributed by atoms with Crippen molar-refractivity contribution in [2.24, 2.45) is 0 Å². The highest BCUT2D eigenvalue weighted by Gasteiger charge is 2.15. The molecular formula is C19H22N4O4. The van der Waals surface area contributed by atoms with E-state index in [9.17, 15) is 9.59 Å². The van der Waals surface area contributed by atoms with E-state index in [1.807, 2.05) is 31.2 Å². The first-order valence-corrected chi connectivity index (χ1v) is 8.60. The Morgan fingerprint density at radius 2 is 2.00 bits per heavy atom. The van der Waals surface area contributed by atoms with Gasteiger partial charge in [-0.15, -0.1) is 0 Å². The third-order valence-corrected chi connectivity index (χ3v) is 4.26. The molecule has 0 spiro atoms. The summed E-state index contributed by atoms with van der Waals surface area (Å²) in [6, 6.07) is 9.15. The van der Waals surface area contributed by atoms with Crippen molar-refractivity contribution in [1.82, 2.24) is 20.2 Å². The second kappa shape index (κ2) is 7.94. The van der Waals surface area contributed by atoms with Gasteiger partial charge in [0.25, 0.3) is 0 Å². The summed E-state index contributed by atoms with van der Waals surface area (Å²) in [7, 11) is 1.31. The Kier molecular flexibility index (Phi) is 5.44. The van der Waals surface area contributed by atoms with Crippen molar-refractivity contribution in [2.45, 2.75) is 26.9 Å². The molecule has 0 aliphatic carbocycles. The van der Waals surface area contributed by atoms with Gasteiger partial charge in [-0.2, -0.15) is 0 Å². The number of furan rings is 1. The summed E-state index contributed by atoms with van der Waals surface area (Å²) in [6.45, 7) is 4.87. The molecule has 27 heavy (non-hydrogen) atoms. The number of hydrogen-bond acceptors (Lipinski definition) is 5. The highest BCUT2D eigenvalue weighted by Crippen LogP contribution is 2.16. The van der Waals surface area contributed by atoms with Crippen LogP contribution in [0, 0.1) is 13.8 Å². The smallest absolute Gasteiger partial charge is 0.341 e. The maximum atomic E-state index is 12.0. The number of methoxy groups -OCH3 is 1. The van der Waals surface area contributed by atoms with Crippen LogP contribution in [0.5, 0.6) is 0 Å². The number of rotatable bonds is 6. The zero-order valence-corrected chi connectivity index (χ0v) is 15.5. The van der Waals surface area contributed by atoms with Crippen molar-refractivity contribution >= 4 is 23.0 Å². The topological polar surface area (TPSA) is 98.4 Å². The molecule has 0 bridgehead atoms. The fourth-order valence-electron chi connectivity index (χ4n) is 2.93. The van der Waals surface area contributed by atoms with Crippen molar-refractivity contribution in [3.05, 3.63) is 53.2 Å². The van der Waals surface area contributed by atoms with E-state index >= 15 is 0 Å². The molecule has 0 aliphatic heterocycles. The number of carbonyl (C=O) groups is 2. The number of hydrogen-bond donors (Lipinski definition) is 2. The molecule has 0 fully saturated rings. The highest BCUT2D eigenvalue weighted by molar-refractivity contribution is 5.90. The minimum atomic E-state index is -0.463. The van der Waals surface area contributed by atoms with Crippen molar-refractivity contribution in [3.8, 4) is 0 Å². The lowest BCUT2D eigenvalue weighted by atomic mass is 10.2. The number of urea groups is 1. The van der Waals surface area contributed by atoms with Gasteiger partial charge in [0.15, 0.2) is 0 Å². The SMILES string of the molecule is COC(=O)c1cc(CNC(=O)NCCn2c(C)nc3ccccc32)oc1C. The Labute approximate surface area is 156 Å². The van der Waals surface area contributed by atoms with E-state index in [1.54, 1.807) is 13.0 Å². The largest absolute Gasteiger partial charge is 0.465 e. The number of esters is 1. The van der Waals surface area contributed by atoms with Gasteiger partial charge < -0.3 is 24.4 Å². The predicted molar refractivity (Wildman–Crippen MR) is 99.5 cm³/mol. The first kappa shape index (κ1) is 18.5. The van der Waals surface area contributed by atoms with Crippen molar-refractivity contribution in [3.63, 3.8) is 0 Å². The molecule has 0 atom stereocenters. The number of nitrogens with one attached hydrogen (secondary N) is 2. The van der Waals surface area contributed by atoms with Gasteiger partial charge in [-0.3, -0.25) is 0 Å². The van der Waals surface area contributed by atoms with E-state index in [4.69, 9.17) is 4.42 Å².